The molecule has 1 aliphatic carbocycles. The Balaban J connectivity index is 1.97. The molecule has 1 aliphatic heterocycles. The number of hydrogen-bond acceptors (Lipinski definition) is 2. The summed E-state index contributed by atoms with van der Waals surface area (Å²) in [5.41, 5.74) is 0.328. The summed E-state index contributed by atoms with van der Waals surface area (Å²) in [7, 11) is 0. The van der Waals surface area contributed by atoms with Gasteiger partial charge in [0.25, 0.3) is 0 Å². The zero-order valence-electron chi connectivity index (χ0n) is 12.7. The smallest absolute Gasteiger partial charge is 0.0306 e. The van der Waals surface area contributed by atoms with Gasteiger partial charge in [-0.05, 0) is 58.7 Å². The molecular weight excluding hydrogens is 220 g/mol. The summed E-state index contributed by atoms with van der Waals surface area (Å²) in [6.07, 6.45) is 10.0. The molecule has 18 heavy (non-hydrogen) atoms. The van der Waals surface area contributed by atoms with Gasteiger partial charge in [0.1, 0.15) is 0 Å². The quantitative estimate of drug-likeness (QED) is 0.779. The SMILES string of the molecule is CCNC(CC1CCCC1)C(C)(C)N1CCCC1. The minimum Gasteiger partial charge on any atom is -0.312 e. The Morgan fingerprint density at radius 3 is 2.28 bits per heavy atom. The van der Waals surface area contributed by atoms with Crippen LogP contribution in [-0.4, -0.2) is 36.1 Å². The predicted octanol–water partition coefficient (Wildman–Crippen LogP) is 3.42. The highest BCUT2D eigenvalue weighted by molar-refractivity contribution is 4.96. The van der Waals surface area contributed by atoms with Gasteiger partial charge in [0, 0.05) is 11.6 Å². The lowest BCUT2D eigenvalue weighted by molar-refractivity contribution is 0.0947. The summed E-state index contributed by atoms with van der Waals surface area (Å²) in [5, 5.41) is 3.78. The molecule has 0 amide bonds. The fourth-order valence-electron chi connectivity index (χ4n) is 3.96. The van der Waals surface area contributed by atoms with Gasteiger partial charge in [-0.3, -0.25) is 4.90 Å². The Hall–Kier alpha value is -0.0800. The largest absolute Gasteiger partial charge is 0.312 e. The van der Waals surface area contributed by atoms with Crippen molar-refractivity contribution in [3.8, 4) is 0 Å². The molecule has 1 saturated carbocycles. The summed E-state index contributed by atoms with van der Waals surface area (Å²) in [6.45, 7) is 10.9. The third kappa shape index (κ3) is 3.27. The first-order valence-corrected chi connectivity index (χ1v) is 8.13. The van der Waals surface area contributed by atoms with Crippen molar-refractivity contribution in [3.63, 3.8) is 0 Å². The van der Waals surface area contributed by atoms with E-state index < -0.39 is 0 Å². The first-order valence-electron chi connectivity index (χ1n) is 8.13. The van der Waals surface area contributed by atoms with Crippen molar-refractivity contribution in [2.45, 2.75) is 77.3 Å². The Kier molecular flexibility index (Phi) is 5.08. The van der Waals surface area contributed by atoms with E-state index in [4.69, 9.17) is 0 Å². The third-order valence-electron chi connectivity index (χ3n) is 5.27. The minimum absolute atomic E-state index is 0.328. The van der Waals surface area contributed by atoms with Gasteiger partial charge in [0.2, 0.25) is 0 Å². The lowest BCUT2D eigenvalue weighted by atomic mass is 9.84. The maximum Gasteiger partial charge on any atom is 0.0306 e. The fourth-order valence-corrected chi connectivity index (χ4v) is 3.96. The highest BCUT2D eigenvalue weighted by Gasteiger charge is 2.37. The number of rotatable bonds is 6. The lowest BCUT2D eigenvalue weighted by Crippen LogP contribution is -2.57. The van der Waals surface area contributed by atoms with E-state index in [-0.39, 0.29) is 0 Å². The standard InChI is InChI=1S/C16H32N2/c1-4-17-15(13-14-9-5-6-10-14)16(2,3)18-11-7-8-12-18/h14-15,17H,4-13H2,1-3H3. The Bertz CT molecular complexity index is 237. The third-order valence-corrected chi connectivity index (χ3v) is 5.27. The van der Waals surface area contributed by atoms with Crippen LogP contribution in [0.1, 0.15) is 65.7 Å². The number of likely N-dealkylation sites (N-methyl/N-ethyl adjacent to an activating group) is 1. The van der Waals surface area contributed by atoms with Gasteiger partial charge in [0.15, 0.2) is 0 Å². The molecule has 2 nitrogen and oxygen atoms in total. The van der Waals surface area contributed by atoms with Crippen LogP contribution < -0.4 is 5.32 Å². The fraction of sp³-hybridized carbons (Fsp3) is 1.00. The number of nitrogens with one attached hydrogen (secondary N) is 1. The Morgan fingerprint density at radius 2 is 1.72 bits per heavy atom. The maximum absolute atomic E-state index is 3.78. The molecule has 2 fully saturated rings. The van der Waals surface area contributed by atoms with E-state index in [1.54, 1.807) is 0 Å². The zero-order valence-corrected chi connectivity index (χ0v) is 12.7. The molecule has 1 N–H and O–H groups in total. The van der Waals surface area contributed by atoms with Crippen LogP contribution in [0.2, 0.25) is 0 Å². The summed E-state index contributed by atoms with van der Waals surface area (Å²) in [4.78, 5) is 2.72. The molecule has 0 bridgehead atoms. The topological polar surface area (TPSA) is 15.3 Å². The molecule has 106 valence electrons. The van der Waals surface area contributed by atoms with Gasteiger partial charge in [-0.15, -0.1) is 0 Å². The van der Waals surface area contributed by atoms with E-state index in [9.17, 15) is 0 Å². The van der Waals surface area contributed by atoms with E-state index in [1.807, 2.05) is 0 Å². The highest BCUT2D eigenvalue weighted by atomic mass is 15.2. The molecule has 2 aliphatic rings. The summed E-state index contributed by atoms with van der Waals surface area (Å²) < 4.78 is 0. The van der Waals surface area contributed by atoms with Gasteiger partial charge < -0.3 is 5.32 Å². The zero-order chi connectivity index (χ0) is 13.0. The molecule has 0 spiro atoms. The van der Waals surface area contributed by atoms with E-state index in [0.29, 0.717) is 11.6 Å². The molecule has 1 heterocycles. The van der Waals surface area contributed by atoms with Crippen LogP contribution in [0.25, 0.3) is 0 Å². The molecule has 0 aromatic rings. The predicted molar refractivity (Wildman–Crippen MR) is 78.9 cm³/mol. The second-order valence-corrected chi connectivity index (χ2v) is 6.84. The summed E-state index contributed by atoms with van der Waals surface area (Å²) >= 11 is 0. The monoisotopic (exact) mass is 252 g/mol. The molecular formula is C16H32N2. The first kappa shape index (κ1) is 14.3. The highest BCUT2D eigenvalue weighted by Crippen LogP contribution is 2.33. The normalized spacial score (nSPS) is 24.8. The summed E-state index contributed by atoms with van der Waals surface area (Å²) in [6, 6.07) is 0.670. The average Bonchev–Trinajstić information content (AvgIpc) is 3.01. The molecule has 1 atom stereocenters. The Labute approximate surface area is 114 Å². The van der Waals surface area contributed by atoms with Crippen LogP contribution in [0.4, 0.5) is 0 Å². The van der Waals surface area contributed by atoms with Gasteiger partial charge >= 0.3 is 0 Å². The lowest BCUT2D eigenvalue weighted by Gasteiger charge is -2.43. The second kappa shape index (κ2) is 6.38. The minimum atomic E-state index is 0.328. The van der Waals surface area contributed by atoms with Crippen LogP contribution in [-0.2, 0) is 0 Å². The molecule has 0 aromatic carbocycles. The first-order chi connectivity index (χ1) is 8.64. The molecule has 0 aromatic heterocycles. The molecule has 2 rings (SSSR count). The average molecular weight is 252 g/mol. The van der Waals surface area contributed by atoms with Gasteiger partial charge in [-0.1, -0.05) is 32.6 Å². The van der Waals surface area contributed by atoms with E-state index >= 15 is 0 Å². The van der Waals surface area contributed by atoms with Gasteiger partial charge in [-0.25, -0.2) is 0 Å². The molecule has 1 unspecified atom stereocenters. The maximum atomic E-state index is 3.78. The van der Waals surface area contributed by atoms with Crippen LogP contribution in [0.5, 0.6) is 0 Å². The van der Waals surface area contributed by atoms with Crippen LogP contribution in [0, 0.1) is 5.92 Å². The van der Waals surface area contributed by atoms with Crippen molar-refractivity contribution in [1.29, 1.82) is 0 Å². The van der Waals surface area contributed by atoms with Crippen molar-refractivity contribution >= 4 is 0 Å². The van der Waals surface area contributed by atoms with E-state index in [1.165, 1.54) is 58.0 Å². The molecule has 0 radical (unpaired) electrons. The number of likely N-dealkylation sites (tertiary alicyclic amines) is 1. The van der Waals surface area contributed by atoms with Crippen molar-refractivity contribution in [1.82, 2.24) is 10.2 Å². The number of hydrogen-bond donors (Lipinski definition) is 1. The molecule has 2 heteroatoms. The van der Waals surface area contributed by atoms with E-state index in [2.05, 4.69) is 31.0 Å². The van der Waals surface area contributed by atoms with Crippen molar-refractivity contribution in [2.24, 2.45) is 5.92 Å². The van der Waals surface area contributed by atoms with Crippen molar-refractivity contribution < 1.29 is 0 Å². The molecule has 1 saturated heterocycles. The Morgan fingerprint density at radius 1 is 1.11 bits per heavy atom. The van der Waals surface area contributed by atoms with Crippen molar-refractivity contribution in [2.75, 3.05) is 19.6 Å². The number of nitrogens with zero attached hydrogens (tertiary/aromatic N) is 1. The second-order valence-electron chi connectivity index (χ2n) is 6.84. The van der Waals surface area contributed by atoms with Gasteiger partial charge in [0.05, 0.1) is 0 Å². The van der Waals surface area contributed by atoms with E-state index in [0.717, 1.165) is 12.5 Å². The van der Waals surface area contributed by atoms with Crippen LogP contribution in [0.3, 0.4) is 0 Å². The van der Waals surface area contributed by atoms with Gasteiger partial charge in [-0.2, -0.15) is 0 Å². The van der Waals surface area contributed by atoms with Crippen LogP contribution >= 0.6 is 0 Å². The van der Waals surface area contributed by atoms with Crippen LogP contribution in [0.15, 0.2) is 0 Å². The van der Waals surface area contributed by atoms with Crippen molar-refractivity contribution in [3.05, 3.63) is 0 Å². The summed E-state index contributed by atoms with van der Waals surface area (Å²) in [5.74, 6) is 0.982.